The lowest BCUT2D eigenvalue weighted by Gasteiger charge is -2.18. The molecule has 2 heterocycles. The van der Waals surface area contributed by atoms with Crippen molar-refractivity contribution in [2.45, 2.75) is 26.2 Å². The van der Waals surface area contributed by atoms with Crippen LogP contribution < -0.4 is 11.1 Å². The molecule has 7 heteroatoms. The lowest BCUT2D eigenvalue weighted by atomic mass is 9.90. The summed E-state index contributed by atoms with van der Waals surface area (Å²) in [5.74, 6) is 0.0613. The highest BCUT2D eigenvalue weighted by Gasteiger charge is 2.19. The third-order valence-corrected chi connectivity index (χ3v) is 3.06. The van der Waals surface area contributed by atoms with Gasteiger partial charge in [-0.15, -0.1) is 10.2 Å². The molecule has 3 N–H and O–H groups in total. The summed E-state index contributed by atoms with van der Waals surface area (Å²) in [7, 11) is 0. The van der Waals surface area contributed by atoms with E-state index in [1.807, 2.05) is 20.8 Å². The zero-order valence-corrected chi connectivity index (χ0v) is 11.8. The van der Waals surface area contributed by atoms with E-state index in [0.29, 0.717) is 16.5 Å². The van der Waals surface area contributed by atoms with E-state index in [1.165, 1.54) is 11.3 Å². The van der Waals surface area contributed by atoms with Crippen molar-refractivity contribution in [2.75, 3.05) is 11.1 Å². The number of hydrogen-bond acceptors (Lipinski definition) is 6. The third-order valence-electron chi connectivity index (χ3n) is 2.46. The van der Waals surface area contributed by atoms with Crippen LogP contribution in [-0.4, -0.2) is 21.1 Å². The molecule has 6 nitrogen and oxygen atoms in total. The molecule has 0 fully saturated rings. The van der Waals surface area contributed by atoms with E-state index in [1.54, 1.807) is 17.6 Å². The second-order valence-electron chi connectivity index (χ2n) is 5.11. The zero-order chi connectivity index (χ0) is 14.0. The molecule has 0 spiro atoms. The molecule has 0 radical (unpaired) electrons. The first-order valence-electron chi connectivity index (χ1n) is 5.72. The topological polar surface area (TPSA) is 93.8 Å². The van der Waals surface area contributed by atoms with Gasteiger partial charge in [0, 0.05) is 16.7 Å². The molecule has 0 bridgehead atoms. The molecule has 0 saturated heterocycles. The highest BCUT2D eigenvalue weighted by atomic mass is 32.1. The number of nitrogens with two attached hydrogens (primary N) is 1. The van der Waals surface area contributed by atoms with E-state index in [2.05, 4.69) is 20.5 Å². The lowest BCUT2D eigenvalue weighted by molar-refractivity contribution is 0.102. The molecule has 100 valence electrons. The van der Waals surface area contributed by atoms with Gasteiger partial charge in [0.05, 0.1) is 0 Å². The molecule has 0 aromatic carbocycles. The molecular formula is C12H15N5OS. The van der Waals surface area contributed by atoms with Crippen molar-refractivity contribution < 1.29 is 4.79 Å². The summed E-state index contributed by atoms with van der Waals surface area (Å²) in [5.41, 5.74) is 8.37. The summed E-state index contributed by atoms with van der Waals surface area (Å²) in [4.78, 5) is 16.3. The Morgan fingerprint density at radius 2 is 2.11 bits per heavy atom. The van der Waals surface area contributed by atoms with E-state index in [4.69, 9.17) is 5.73 Å². The van der Waals surface area contributed by atoms with Gasteiger partial charge < -0.3 is 5.73 Å². The normalized spacial score (nSPS) is 11.3. The number of nitrogens with zero attached hydrogens (tertiary/aromatic N) is 3. The Labute approximate surface area is 115 Å². The van der Waals surface area contributed by atoms with Gasteiger partial charge in [-0.1, -0.05) is 32.1 Å². The number of aromatic nitrogens is 3. The van der Waals surface area contributed by atoms with Crippen molar-refractivity contribution in [3.8, 4) is 0 Å². The third kappa shape index (κ3) is 3.25. The number of rotatable bonds is 2. The van der Waals surface area contributed by atoms with Gasteiger partial charge in [-0.25, -0.2) is 4.98 Å². The summed E-state index contributed by atoms with van der Waals surface area (Å²) in [6.45, 7) is 6.05. The fourth-order valence-corrected chi connectivity index (χ4v) is 1.90. The first-order valence-corrected chi connectivity index (χ1v) is 6.60. The number of hydrogen-bond donors (Lipinski definition) is 2. The van der Waals surface area contributed by atoms with Crippen molar-refractivity contribution in [3.63, 3.8) is 0 Å². The van der Waals surface area contributed by atoms with Crippen LogP contribution >= 0.6 is 11.3 Å². The Morgan fingerprint density at radius 1 is 1.37 bits per heavy atom. The highest BCUT2D eigenvalue weighted by Crippen LogP contribution is 2.23. The number of nitrogen functional groups attached to an aromatic ring is 1. The molecule has 0 aliphatic carbocycles. The van der Waals surface area contributed by atoms with Gasteiger partial charge in [0.2, 0.25) is 5.13 Å². The van der Waals surface area contributed by atoms with Crippen LogP contribution in [0.3, 0.4) is 0 Å². The van der Waals surface area contributed by atoms with Gasteiger partial charge >= 0.3 is 0 Å². The molecule has 19 heavy (non-hydrogen) atoms. The van der Waals surface area contributed by atoms with Crippen LogP contribution in [0.15, 0.2) is 17.6 Å². The Kier molecular flexibility index (Phi) is 3.48. The zero-order valence-electron chi connectivity index (χ0n) is 11.0. The largest absolute Gasteiger partial charge is 0.384 e. The van der Waals surface area contributed by atoms with Crippen LogP contribution in [0.1, 0.15) is 36.8 Å². The predicted octanol–water partition coefficient (Wildman–Crippen LogP) is 2.07. The minimum atomic E-state index is -0.267. The molecule has 0 atom stereocenters. The number of amides is 1. The van der Waals surface area contributed by atoms with E-state index < -0.39 is 0 Å². The fourth-order valence-electron chi connectivity index (χ4n) is 1.46. The fraction of sp³-hybridized carbons (Fsp3) is 0.333. The van der Waals surface area contributed by atoms with Crippen LogP contribution in [0.25, 0.3) is 0 Å². The monoisotopic (exact) mass is 277 g/mol. The number of nitrogens with one attached hydrogen (secondary N) is 1. The average Bonchev–Trinajstić information content (AvgIpc) is 2.79. The first kappa shape index (κ1) is 13.4. The standard InChI is InChI=1S/C12H15N5OS/c1-12(2,3)8-4-7(5-9(13)15-8)10(18)16-11-17-14-6-19-11/h4-6H,1-3H3,(H2,13,15)(H,16,17,18). The van der Waals surface area contributed by atoms with Crippen molar-refractivity contribution >= 4 is 28.2 Å². The Balaban J connectivity index is 2.29. The Morgan fingerprint density at radius 3 is 2.68 bits per heavy atom. The van der Waals surface area contributed by atoms with Gasteiger partial charge in [-0.05, 0) is 12.1 Å². The van der Waals surface area contributed by atoms with Crippen LogP contribution in [0, 0.1) is 0 Å². The van der Waals surface area contributed by atoms with Gasteiger partial charge in [0.1, 0.15) is 11.3 Å². The number of carbonyl (C=O) groups is 1. The van der Waals surface area contributed by atoms with Crippen LogP contribution in [-0.2, 0) is 5.41 Å². The quantitative estimate of drug-likeness (QED) is 0.876. The molecular weight excluding hydrogens is 262 g/mol. The number of pyridine rings is 1. The average molecular weight is 277 g/mol. The molecule has 0 aliphatic heterocycles. The number of carbonyl (C=O) groups excluding carboxylic acids is 1. The van der Waals surface area contributed by atoms with Crippen molar-refractivity contribution in [3.05, 3.63) is 28.9 Å². The summed E-state index contributed by atoms with van der Waals surface area (Å²) in [6.07, 6.45) is 0. The van der Waals surface area contributed by atoms with Crippen LogP contribution in [0.5, 0.6) is 0 Å². The van der Waals surface area contributed by atoms with E-state index in [-0.39, 0.29) is 11.3 Å². The van der Waals surface area contributed by atoms with Crippen LogP contribution in [0.2, 0.25) is 0 Å². The van der Waals surface area contributed by atoms with Crippen molar-refractivity contribution in [2.24, 2.45) is 0 Å². The molecule has 0 unspecified atom stereocenters. The number of anilines is 2. The van der Waals surface area contributed by atoms with E-state index in [9.17, 15) is 4.79 Å². The van der Waals surface area contributed by atoms with Gasteiger partial charge in [-0.3, -0.25) is 10.1 Å². The molecule has 1 amide bonds. The van der Waals surface area contributed by atoms with Gasteiger partial charge in [-0.2, -0.15) is 0 Å². The lowest BCUT2D eigenvalue weighted by Crippen LogP contribution is -2.18. The van der Waals surface area contributed by atoms with E-state index >= 15 is 0 Å². The summed E-state index contributed by atoms with van der Waals surface area (Å²) >= 11 is 1.26. The van der Waals surface area contributed by atoms with Gasteiger partial charge in [0.15, 0.2) is 0 Å². The molecule has 0 aliphatic rings. The maximum absolute atomic E-state index is 12.1. The van der Waals surface area contributed by atoms with Crippen molar-refractivity contribution in [1.82, 2.24) is 15.2 Å². The summed E-state index contributed by atoms with van der Waals surface area (Å²) in [6, 6.07) is 3.29. The summed E-state index contributed by atoms with van der Waals surface area (Å²) < 4.78 is 0. The maximum Gasteiger partial charge on any atom is 0.257 e. The second kappa shape index (κ2) is 4.93. The molecule has 2 aromatic rings. The maximum atomic E-state index is 12.1. The highest BCUT2D eigenvalue weighted by molar-refractivity contribution is 7.13. The molecule has 2 rings (SSSR count). The predicted molar refractivity (Wildman–Crippen MR) is 75.2 cm³/mol. The Bertz CT molecular complexity index is 589. The minimum Gasteiger partial charge on any atom is -0.384 e. The van der Waals surface area contributed by atoms with Gasteiger partial charge in [0.25, 0.3) is 5.91 Å². The first-order chi connectivity index (χ1) is 8.86. The molecule has 0 saturated carbocycles. The molecule has 2 aromatic heterocycles. The van der Waals surface area contributed by atoms with Crippen molar-refractivity contribution in [1.29, 1.82) is 0 Å². The van der Waals surface area contributed by atoms with E-state index in [0.717, 1.165) is 5.69 Å². The van der Waals surface area contributed by atoms with Crippen LogP contribution in [0.4, 0.5) is 10.9 Å². The Hall–Kier alpha value is -2.02. The summed E-state index contributed by atoms with van der Waals surface area (Å²) in [5, 5.41) is 10.5. The smallest absolute Gasteiger partial charge is 0.257 e. The second-order valence-corrected chi connectivity index (χ2v) is 5.95. The SMILES string of the molecule is CC(C)(C)c1cc(C(=O)Nc2nncs2)cc(N)n1. The minimum absolute atomic E-state index is 0.173.